The Balaban J connectivity index is 2.84. The van der Waals surface area contributed by atoms with Crippen molar-refractivity contribution in [3.8, 4) is 0 Å². The predicted molar refractivity (Wildman–Crippen MR) is 60.5 cm³/mol. The van der Waals surface area contributed by atoms with Crippen LogP contribution in [-0.2, 0) is 0 Å². The van der Waals surface area contributed by atoms with E-state index in [2.05, 4.69) is 0 Å². The molecule has 0 saturated heterocycles. The molecule has 0 N–H and O–H groups in total. The lowest BCUT2D eigenvalue weighted by atomic mass is 10.0. The van der Waals surface area contributed by atoms with Crippen molar-refractivity contribution in [2.24, 2.45) is 0 Å². The Morgan fingerprint density at radius 2 is 2.14 bits per heavy atom. The second-order valence-electron chi connectivity index (χ2n) is 3.13. The van der Waals surface area contributed by atoms with E-state index in [9.17, 15) is 4.79 Å². The van der Waals surface area contributed by atoms with Gasteiger partial charge in [0.2, 0.25) is 0 Å². The molecule has 1 aromatic rings. The minimum atomic E-state index is 0.116. The zero-order valence-corrected chi connectivity index (χ0v) is 9.53. The number of alkyl halides is 1. The van der Waals surface area contributed by atoms with Gasteiger partial charge in [-0.05, 0) is 25.0 Å². The Bertz CT molecular complexity index is 334. The molecule has 0 aliphatic rings. The number of hydrogen-bond donors (Lipinski definition) is 0. The molecule has 0 atom stereocenters. The van der Waals surface area contributed by atoms with Gasteiger partial charge in [0.1, 0.15) is 0 Å². The molecule has 14 heavy (non-hydrogen) atoms. The SMILES string of the molecule is Cc1c(Cl)cccc1C(=O)CCCCl. The normalized spacial score (nSPS) is 10.2. The Hall–Kier alpha value is -0.530. The smallest absolute Gasteiger partial charge is 0.163 e. The number of halogens is 2. The Morgan fingerprint density at radius 3 is 2.79 bits per heavy atom. The molecular formula is C11H12Cl2O. The molecule has 0 radical (unpaired) electrons. The Morgan fingerprint density at radius 1 is 1.43 bits per heavy atom. The maximum absolute atomic E-state index is 11.7. The van der Waals surface area contributed by atoms with Gasteiger partial charge in [0.25, 0.3) is 0 Å². The fourth-order valence-corrected chi connectivity index (χ4v) is 1.58. The topological polar surface area (TPSA) is 17.1 Å². The fourth-order valence-electron chi connectivity index (χ4n) is 1.27. The molecule has 1 rings (SSSR count). The van der Waals surface area contributed by atoms with Gasteiger partial charge in [-0.1, -0.05) is 23.7 Å². The molecule has 0 heterocycles. The molecule has 0 spiro atoms. The number of benzene rings is 1. The molecule has 0 amide bonds. The van der Waals surface area contributed by atoms with E-state index in [4.69, 9.17) is 23.2 Å². The van der Waals surface area contributed by atoms with Crippen LogP contribution in [0.2, 0.25) is 5.02 Å². The summed E-state index contributed by atoms with van der Waals surface area (Å²) in [6.07, 6.45) is 1.21. The molecule has 0 fully saturated rings. The van der Waals surface area contributed by atoms with E-state index in [0.29, 0.717) is 29.3 Å². The number of carbonyl (C=O) groups excluding carboxylic acids is 1. The van der Waals surface area contributed by atoms with Gasteiger partial charge in [-0.2, -0.15) is 0 Å². The third-order valence-electron chi connectivity index (χ3n) is 2.11. The van der Waals surface area contributed by atoms with Crippen LogP contribution in [0.25, 0.3) is 0 Å². The Labute approximate surface area is 94.0 Å². The van der Waals surface area contributed by atoms with Crippen molar-refractivity contribution < 1.29 is 4.79 Å². The number of Topliss-reactive ketones (excluding diaryl/α,β-unsaturated/α-hetero) is 1. The van der Waals surface area contributed by atoms with Crippen LogP contribution in [0.4, 0.5) is 0 Å². The molecule has 0 aliphatic carbocycles. The third kappa shape index (κ3) is 2.73. The monoisotopic (exact) mass is 230 g/mol. The second-order valence-corrected chi connectivity index (χ2v) is 3.91. The van der Waals surface area contributed by atoms with Crippen molar-refractivity contribution >= 4 is 29.0 Å². The van der Waals surface area contributed by atoms with E-state index < -0.39 is 0 Å². The molecule has 1 aromatic carbocycles. The molecule has 0 bridgehead atoms. The zero-order valence-electron chi connectivity index (χ0n) is 8.02. The first kappa shape index (κ1) is 11.5. The first-order valence-corrected chi connectivity index (χ1v) is 5.42. The number of rotatable bonds is 4. The maximum atomic E-state index is 11.7. The fraction of sp³-hybridized carbons (Fsp3) is 0.364. The van der Waals surface area contributed by atoms with Gasteiger partial charge in [-0.3, -0.25) is 4.79 Å². The average molecular weight is 231 g/mol. The van der Waals surface area contributed by atoms with E-state index in [1.807, 2.05) is 6.92 Å². The lowest BCUT2D eigenvalue weighted by Gasteiger charge is -2.05. The van der Waals surface area contributed by atoms with Crippen LogP contribution >= 0.6 is 23.2 Å². The first-order valence-electron chi connectivity index (χ1n) is 4.51. The zero-order chi connectivity index (χ0) is 10.6. The van der Waals surface area contributed by atoms with Crippen molar-refractivity contribution in [3.63, 3.8) is 0 Å². The third-order valence-corrected chi connectivity index (χ3v) is 2.78. The molecular weight excluding hydrogens is 219 g/mol. The van der Waals surface area contributed by atoms with Crippen LogP contribution in [0.5, 0.6) is 0 Å². The highest BCUT2D eigenvalue weighted by Gasteiger charge is 2.09. The van der Waals surface area contributed by atoms with E-state index in [1.165, 1.54) is 0 Å². The Kier molecular flexibility index (Phi) is 4.43. The van der Waals surface area contributed by atoms with Gasteiger partial charge in [0.05, 0.1) is 0 Å². The lowest BCUT2D eigenvalue weighted by Crippen LogP contribution is -2.02. The lowest BCUT2D eigenvalue weighted by molar-refractivity contribution is 0.0981. The summed E-state index contributed by atoms with van der Waals surface area (Å²) in [6.45, 7) is 1.86. The largest absolute Gasteiger partial charge is 0.294 e. The van der Waals surface area contributed by atoms with Crippen molar-refractivity contribution in [1.29, 1.82) is 0 Å². The van der Waals surface area contributed by atoms with E-state index in [0.717, 1.165) is 5.56 Å². The molecule has 1 nitrogen and oxygen atoms in total. The van der Waals surface area contributed by atoms with Crippen LogP contribution in [-0.4, -0.2) is 11.7 Å². The molecule has 0 saturated carbocycles. The van der Waals surface area contributed by atoms with Crippen LogP contribution in [0.3, 0.4) is 0 Å². The number of ketones is 1. The molecule has 76 valence electrons. The van der Waals surface area contributed by atoms with Crippen molar-refractivity contribution in [1.82, 2.24) is 0 Å². The summed E-state index contributed by atoms with van der Waals surface area (Å²) in [5.74, 6) is 0.636. The molecule has 0 aromatic heterocycles. The molecule has 3 heteroatoms. The van der Waals surface area contributed by atoms with Crippen LogP contribution in [0.1, 0.15) is 28.8 Å². The van der Waals surface area contributed by atoms with E-state index >= 15 is 0 Å². The predicted octanol–water partition coefficient (Wildman–Crippen LogP) is 3.85. The second kappa shape index (κ2) is 5.38. The number of hydrogen-bond acceptors (Lipinski definition) is 1. The summed E-state index contributed by atoms with van der Waals surface area (Å²) in [5.41, 5.74) is 1.57. The molecule has 0 unspecified atom stereocenters. The maximum Gasteiger partial charge on any atom is 0.163 e. The number of carbonyl (C=O) groups is 1. The summed E-state index contributed by atoms with van der Waals surface area (Å²) in [4.78, 5) is 11.7. The minimum Gasteiger partial charge on any atom is -0.294 e. The van der Waals surface area contributed by atoms with Crippen molar-refractivity contribution in [2.45, 2.75) is 19.8 Å². The van der Waals surface area contributed by atoms with Crippen LogP contribution in [0.15, 0.2) is 18.2 Å². The van der Waals surface area contributed by atoms with E-state index in [-0.39, 0.29) is 5.78 Å². The van der Waals surface area contributed by atoms with Crippen molar-refractivity contribution in [2.75, 3.05) is 5.88 Å². The summed E-state index contributed by atoms with van der Waals surface area (Å²) in [6, 6.07) is 5.39. The summed E-state index contributed by atoms with van der Waals surface area (Å²) < 4.78 is 0. The summed E-state index contributed by atoms with van der Waals surface area (Å²) in [5, 5.41) is 0.640. The van der Waals surface area contributed by atoms with E-state index in [1.54, 1.807) is 18.2 Å². The minimum absolute atomic E-state index is 0.116. The first-order chi connectivity index (χ1) is 6.66. The van der Waals surface area contributed by atoms with Crippen LogP contribution < -0.4 is 0 Å². The molecule has 0 aliphatic heterocycles. The summed E-state index contributed by atoms with van der Waals surface area (Å²) in [7, 11) is 0. The van der Waals surface area contributed by atoms with Gasteiger partial charge in [0.15, 0.2) is 5.78 Å². The van der Waals surface area contributed by atoms with Gasteiger partial charge in [0, 0.05) is 22.9 Å². The average Bonchev–Trinajstić information content (AvgIpc) is 2.18. The quantitative estimate of drug-likeness (QED) is 0.568. The van der Waals surface area contributed by atoms with Gasteiger partial charge in [-0.15, -0.1) is 11.6 Å². The standard InChI is InChI=1S/C11H12Cl2O/c1-8-9(4-2-5-10(8)13)11(14)6-3-7-12/h2,4-5H,3,6-7H2,1H3. The highest BCUT2D eigenvalue weighted by molar-refractivity contribution is 6.31. The highest BCUT2D eigenvalue weighted by Crippen LogP contribution is 2.20. The van der Waals surface area contributed by atoms with Crippen LogP contribution in [0, 0.1) is 6.92 Å². The van der Waals surface area contributed by atoms with Gasteiger partial charge in [-0.25, -0.2) is 0 Å². The highest BCUT2D eigenvalue weighted by atomic mass is 35.5. The van der Waals surface area contributed by atoms with Gasteiger partial charge < -0.3 is 0 Å². The summed E-state index contributed by atoms with van der Waals surface area (Å²) >= 11 is 11.4. The van der Waals surface area contributed by atoms with Crippen molar-refractivity contribution in [3.05, 3.63) is 34.3 Å². The van der Waals surface area contributed by atoms with Gasteiger partial charge >= 0.3 is 0 Å².